The zero-order chi connectivity index (χ0) is 15.0. The maximum absolute atomic E-state index is 11.5. The van der Waals surface area contributed by atoms with Gasteiger partial charge in [-0.25, -0.2) is 13.1 Å². The largest absolute Gasteiger partial charge is 0.491 e. The molecule has 8 heteroatoms. The summed E-state index contributed by atoms with van der Waals surface area (Å²) in [4.78, 5) is 11.5. The van der Waals surface area contributed by atoms with Gasteiger partial charge in [-0.2, -0.15) is 0 Å². The van der Waals surface area contributed by atoms with E-state index in [0.29, 0.717) is 11.4 Å². The molecule has 1 amide bonds. The highest BCUT2D eigenvalue weighted by Gasteiger charge is 2.08. The average molecular weight is 301 g/mol. The van der Waals surface area contributed by atoms with Crippen LogP contribution >= 0.6 is 0 Å². The van der Waals surface area contributed by atoms with Gasteiger partial charge >= 0.3 is 0 Å². The predicted octanol–water partition coefficient (Wildman–Crippen LogP) is -0.297. The number of nitrogens with one attached hydrogen (secondary N) is 2. The molecule has 4 N–H and O–H groups in total. The number of nitrogens with two attached hydrogens (primary N) is 1. The minimum Gasteiger partial charge on any atom is -0.491 e. The molecule has 0 saturated carbocycles. The maximum atomic E-state index is 11.5. The number of anilines is 1. The molecular weight excluding hydrogens is 282 g/mol. The first-order valence-corrected chi connectivity index (χ1v) is 7.75. The van der Waals surface area contributed by atoms with Crippen molar-refractivity contribution in [3.63, 3.8) is 0 Å². The van der Waals surface area contributed by atoms with Crippen molar-refractivity contribution in [2.45, 2.75) is 6.42 Å². The molecule has 1 aromatic rings. The Morgan fingerprint density at radius 3 is 2.70 bits per heavy atom. The number of amides is 1. The zero-order valence-electron chi connectivity index (χ0n) is 11.3. The summed E-state index contributed by atoms with van der Waals surface area (Å²) >= 11 is 0. The van der Waals surface area contributed by atoms with E-state index >= 15 is 0 Å². The van der Waals surface area contributed by atoms with Gasteiger partial charge in [-0.3, -0.25) is 4.79 Å². The van der Waals surface area contributed by atoms with Gasteiger partial charge in [-0.05, 0) is 19.2 Å². The van der Waals surface area contributed by atoms with Crippen LogP contribution in [0.3, 0.4) is 0 Å². The number of sulfonamides is 1. The molecule has 0 aliphatic heterocycles. The number of para-hydroxylation sites is 2. The molecule has 20 heavy (non-hydrogen) atoms. The number of carbonyl (C=O) groups excluding carboxylic acids is 1. The van der Waals surface area contributed by atoms with Crippen LogP contribution in [0.4, 0.5) is 5.69 Å². The van der Waals surface area contributed by atoms with Crippen molar-refractivity contribution in [3.8, 4) is 5.75 Å². The molecule has 0 atom stereocenters. The zero-order valence-corrected chi connectivity index (χ0v) is 12.1. The lowest BCUT2D eigenvalue weighted by molar-refractivity contribution is -0.121. The van der Waals surface area contributed by atoms with Crippen LogP contribution in [0.25, 0.3) is 0 Å². The van der Waals surface area contributed by atoms with Crippen molar-refractivity contribution in [1.82, 2.24) is 10.0 Å². The van der Waals surface area contributed by atoms with Crippen LogP contribution in [0.5, 0.6) is 5.75 Å². The summed E-state index contributed by atoms with van der Waals surface area (Å²) in [7, 11) is -1.97. The molecule has 0 radical (unpaired) electrons. The van der Waals surface area contributed by atoms with Crippen LogP contribution in [0.15, 0.2) is 24.3 Å². The lowest BCUT2D eigenvalue weighted by Gasteiger charge is -2.09. The van der Waals surface area contributed by atoms with Crippen LogP contribution in [-0.2, 0) is 14.8 Å². The standard InChI is InChI=1S/C12H19N3O4S/c1-14-20(17,18)9-7-15-12(16)6-8-19-11-5-3-2-4-10(11)13/h2-5,14H,6-9,13H2,1H3,(H,15,16). The monoisotopic (exact) mass is 301 g/mol. The lowest BCUT2D eigenvalue weighted by Crippen LogP contribution is -2.33. The number of nitrogen functional groups attached to an aromatic ring is 1. The van der Waals surface area contributed by atoms with Crippen LogP contribution in [0, 0.1) is 0 Å². The van der Waals surface area contributed by atoms with Gasteiger partial charge in [0, 0.05) is 6.54 Å². The Labute approximate surface area is 118 Å². The Morgan fingerprint density at radius 1 is 1.35 bits per heavy atom. The number of ether oxygens (including phenoxy) is 1. The summed E-state index contributed by atoms with van der Waals surface area (Å²) in [5.41, 5.74) is 6.19. The molecule has 1 aromatic carbocycles. The maximum Gasteiger partial charge on any atom is 0.223 e. The Bertz CT molecular complexity index is 545. The summed E-state index contributed by atoms with van der Waals surface area (Å²) in [5, 5.41) is 2.50. The molecule has 0 aliphatic carbocycles. The quantitative estimate of drug-likeness (QED) is 0.571. The lowest BCUT2D eigenvalue weighted by atomic mass is 10.3. The normalized spacial score (nSPS) is 11.1. The Balaban J connectivity index is 2.23. The van der Waals surface area contributed by atoms with Crippen molar-refractivity contribution >= 4 is 21.6 Å². The molecule has 112 valence electrons. The summed E-state index contributed by atoms with van der Waals surface area (Å²) in [5.74, 6) is 0.103. The number of carbonyl (C=O) groups is 1. The molecule has 0 saturated heterocycles. The fourth-order valence-electron chi connectivity index (χ4n) is 1.38. The number of hydrogen-bond acceptors (Lipinski definition) is 5. The fraction of sp³-hybridized carbons (Fsp3) is 0.417. The Morgan fingerprint density at radius 2 is 2.05 bits per heavy atom. The molecule has 0 spiro atoms. The van der Waals surface area contributed by atoms with Crippen molar-refractivity contribution in [3.05, 3.63) is 24.3 Å². The minimum atomic E-state index is -3.30. The highest BCUT2D eigenvalue weighted by molar-refractivity contribution is 7.89. The minimum absolute atomic E-state index is 0.0650. The average Bonchev–Trinajstić information content (AvgIpc) is 2.41. The van der Waals surface area contributed by atoms with Gasteiger partial charge in [-0.1, -0.05) is 12.1 Å². The number of benzene rings is 1. The van der Waals surface area contributed by atoms with E-state index < -0.39 is 10.0 Å². The molecule has 0 aromatic heterocycles. The first-order chi connectivity index (χ1) is 9.44. The first-order valence-electron chi connectivity index (χ1n) is 6.10. The molecule has 0 bridgehead atoms. The number of hydrogen-bond donors (Lipinski definition) is 3. The first kappa shape index (κ1) is 16.3. The Hall–Kier alpha value is -1.80. The van der Waals surface area contributed by atoms with E-state index in [4.69, 9.17) is 10.5 Å². The van der Waals surface area contributed by atoms with Gasteiger partial charge in [0.1, 0.15) is 5.75 Å². The second-order valence-electron chi connectivity index (χ2n) is 4.01. The summed E-state index contributed by atoms with van der Waals surface area (Å²) in [6.07, 6.45) is 0.133. The van der Waals surface area contributed by atoms with Crippen LogP contribution in [0.2, 0.25) is 0 Å². The van der Waals surface area contributed by atoms with E-state index in [1.807, 2.05) is 0 Å². The van der Waals surface area contributed by atoms with E-state index in [1.54, 1.807) is 24.3 Å². The SMILES string of the molecule is CNS(=O)(=O)CCNC(=O)CCOc1ccccc1N. The topological polar surface area (TPSA) is 111 Å². The fourth-order valence-corrected chi connectivity index (χ4v) is 1.96. The third-order valence-electron chi connectivity index (χ3n) is 2.51. The van der Waals surface area contributed by atoms with E-state index in [2.05, 4.69) is 10.0 Å². The molecule has 1 rings (SSSR count). The van der Waals surface area contributed by atoms with Crippen molar-refractivity contribution in [2.75, 3.05) is 31.7 Å². The number of rotatable bonds is 8. The van der Waals surface area contributed by atoms with E-state index in [1.165, 1.54) is 7.05 Å². The molecule has 7 nitrogen and oxygen atoms in total. The van der Waals surface area contributed by atoms with Gasteiger partial charge < -0.3 is 15.8 Å². The van der Waals surface area contributed by atoms with Crippen LogP contribution < -0.4 is 20.5 Å². The van der Waals surface area contributed by atoms with Crippen molar-refractivity contribution in [1.29, 1.82) is 0 Å². The second-order valence-corrected chi connectivity index (χ2v) is 6.06. The van der Waals surface area contributed by atoms with Gasteiger partial charge in [0.15, 0.2) is 0 Å². The van der Waals surface area contributed by atoms with Gasteiger partial charge in [0.2, 0.25) is 15.9 Å². The molecule has 0 unspecified atom stereocenters. The molecule has 0 fully saturated rings. The highest BCUT2D eigenvalue weighted by Crippen LogP contribution is 2.19. The molecule has 0 aliphatic rings. The van der Waals surface area contributed by atoms with Crippen molar-refractivity contribution in [2.24, 2.45) is 0 Å². The van der Waals surface area contributed by atoms with Gasteiger partial charge in [0.25, 0.3) is 0 Å². The van der Waals surface area contributed by atoms with Gasteiger partial charge in [-0.15, -0.1) is 0 Å². The predicted molar refractivity (Wildman–Crippen MR) is 76.8 cm³/mol. The van der Waals surface area contributed by atoms with E-state index in [0.717, 1.165) is 0 Å². The van der Waals surface area contributed by atoms with Crippen molar-refractivity contribution < 1.29 is 17.9 Å². The Kier molecular flexibility index (Phi) is 6.26. The highest BCUT2D eigenvalue weighted by atomic mass is 32.2. The molecule has 0 heterocycles. The third-order valence-corrected chi connectivity index (χ3v) is 3.87. The smallest absolute Gasteiger partial charge is 0.223 e. The van der Waals surface area contributed by atoms with Crippen LogP contribution in [0.1, 0.15) is 6.42 Å². The molecular formula is C12H19N3O4S. The summed E-state index contributed by atoms with van der Waals surface area (Å²) in [6.45, 7) is 0.244. The summed E-state index contributed by atoms with van der Waals surface area (Å²) in [6, 6.07) is 7.00. The summed E-state index contributed by atoms with van der Waals surface area (Å²) < 4.78 is 29.8. The van der Waals surface area contributed by atoms with Gasteiger partial charge in [0.05, 0.1) is 24.5 Å². The van der Waals surface area contributed by atoms with Crippen LogP contribution in [-0.4, -0.2) is 40.3 Å². The van der Waals surface area contributed by atoms with E-state index in [9.17, 15) is 13.2 Å². The second kappa shape index (κ2) is 7.71. The van der Waals surface area contributed by atoms with E-state index in [-0.39, 0.29) is 31.2 Å². The third kappa shape index (κ3) is 5.89.